The molecule has 4 nitrogen and oxygen atoms in total. The highest BCUT2D eigenvalue weighted by atomic mass is 32.2. The van der Waals surface area contributed by atoms with Gasteiger partial charge in [-0.05, 0) is 50.6 Å². The average Bonchev–Trinajstić information content (AvgIpc) is 2.54. The third-order valence-corrected chi connectivity index (χ3v) is 4.79. The first-order valence-electron chi connectivity index (χ1n) is 8.15. The van der Waals surface area contributed by atoms with E-state index >= 15 is 0 Å². The van der Waals surface area contributed by atoms with E-state index in [4.69, 9.17) is 0 Å². The maximum Gasteiger partial charge on any atom is 0.262 e. The van der Waals surface area contributed by atoms with Gasteiger partial charge in [-0.25, -0.2) is 0 Å². The van der Waals surface area contributed by atoms with Gasteiger partial charge in [-0.2, -0.15) is 0 Å². The topological polar surface area (TPSA) is 58.2 Å². The third kappa shape index (κ3) is 4.12. The molecule has 0 atom stereocenters. The lowest BCUT2D eigenvalue weighted by atomic mass is 10.1. The second-order valence-electron chi connectivity index (χ2n) is 6.32. The molecule has 5 heteroatoms. The van der Waals surface area contributed by atoms with Gasteiger partial charge in [0, 0.05) is 16.5 Å². The van der Waals surface area contributed by atoms with E-state index in [9.17, 15) is 9.59 Å². The summed E-state index contributed by atoms with van der Waals surface area (Å²) in [6, 6.07) is 13.5. The van der Waals surface area contributed by atoms with Gasteiger partial charge < -0.3 is 10.6 Å². The molecular formula is C20H20N2O2S. The van der Waals surface area contributed by atoms with Crippen LogP contribution in [0.15, 0.2) is 52.3 Å². The van der Waals surface area contributed by atoms with Crippen LogP contribution in [0, 0.1) is 6.92 Å². The summed E-state index contributed by atoms with van der Waals surface area (Å²) in [5.41, 5.74) is 3.36. The maximum absolute atomic E-state index is 12.4. The molecule has 25 heavy (non-hydrogen) atoms. The zero-order chi connectivity index (χ0) is 18.0. The van der Waals surface area contributed by atoms with Crippen molar-refractivity contribution >= 4 is 35.3 Å². The highest BCUT2D eigenvalue weighted by Crippen LogP contribution is 2.39. The van der Waals surface area contributed by atoms with Crippen molar-refractivity contribution in [3.63, 3.8) is 0 Å². The lowest BCUT2D eigenvalue weighted by Gasteiger charge is -2.19. The molecule has 0 saturated heterocycles. The number of nitrogens with one attached hydrogen (secondary N) is 2. The molecule has 0 bridgehead atoms. The Morgan fingerprint density at radius 2 is 2.00 bits per heavy atom. The summed E-state index contributed by atoms with van der Waals surface area (Å²) >= 11 is 1.42. The molecule has 2 amide bonds. The van der Waals surface area contributed by atoms with Gasteiger partial charge in [0.05, 0.1) is 10.6 Å². The molecule has 2 aromatic rings. The fraction of sp³-hybridized carbons (Fsp3) is 0.200. The summed E-state index contributed by atoms with van der Waals surface area (Å²) in [6.45, 7) is 5.85. The van der Waals surface area contributed by atoms with Crippen LogP contribution in [0.5, 0.6) is 0 Å². The first kappa shape index (κ1) is 17.3. The number of hydrogen-bond donors (Lipinski definition) is 2. The lowest BCUT2D eigenvalue weighted by molar-refractivity contribution is -0.112. The lowest BCUT2D eigenvalue weighted by Crippen LogP contribution is -2.30. The molecule has 0 spiro atoms. The van der Waals surface area contributed by atoms with Gasteiger partial charge in [0.1, 0.15) is 0 Å². The highest BCUT2D eigenvalue weighted by molar-refractivity contribution is 8.04. The van der Waals surface area contributed by atoms with Crippen LogP contribution in [-0.2, 0) is 4.79 Å². The monoisotopic (exact) mass is 352 g/mol. The van der Waals surface area contributed by atoms with E-state index in [1.54, 1.807) is 12.1 Å². The third-order valence-electron chi connectivity index (χ3n) is 3.69. The minimum absolute atomic E-state index is 0.0661. The van der Waals surface area contributed by atoms with Gasteiger partial charge in [0.2, 0.25) is 0 Å². The molecule has 0 unspecified atom stereocenters. The fourth-order valence-corrected chi connectivity index (χ4v) is 3.49. The number of carbonyl (C=O) groups excluding carboxylic acids is 2. The molecule has 1 aliphatic rings. The van der Waals surface area contributed by atoms with Gasteiger partial charge in [-0.3, -0.25) is 9.59 Å². The smallest absolute Gasteiger partial charge is 0.262 e. The van der Waals surface area contributed by atoms with Crippen molar-refractivity contribution in [2.24, 2.45) is 0 Å². The second kappa shape index (κ2) is 7.15. The Hall–Kier alpha value is -2.53. The van der Waals surface area contributed by atoms with Crippen LogP contribution >= 0.6 is 11.8 Å². The van der Waals surface area contributed by atoms with Crippen molar-refractivity contribution in [1.82, 2.24) is 5.32 Å². The number of amides is 2. The molecule has 1 heterocycles. The van der Waals surface area contributed by atoms with E-state index < -0.39 is 0 Å². The summed E-state index contributed by atoms with van der Waals surface area (Å²) in [6.07, 6.45) is 1.88. The molecule has 2 aromatic carbocycles. The largest absolute Gasteiger partial charge is 0.350 e. The Labute approximate surface area is 151 Å². The number of carbonyl (C=O) groups is 2. The molecule has 2 N–H and O–H groups in total. The van der Waals surface area contributed by atoms with Crippen LogP contribution < -0.4 is 10.6 Å². The van der Waals surface area contributed by atoms with Gasteiger partial charge in [-0.15, -0.1) is 0 Å². The molecule has 0 fully saturated rings. The molecule has 0 aromatic heterocycles. The number of benzene rings is 2. The first-order chi connectivity index (χ1) is 11.9. The van der Waals surface area contributed by atoms with Gasteiger partial charge in [0.15, 0.2) is 0 Å². The van der Waals surface area contributed by atoms with Crippen molar-refractivity contribution in [1.29, 1.82) is 0 Å². The van der Waals surface area contributed by atoms with E-state index in [0.717, 1.165) is 16.0 Å². The Morgan fingerprint density at radius 1 is 1.20 bits per heavy atom. The minimum Gasteiger partial charge on any atom is -0.350 e. The van der Waals surface area contributed by atoms with Gasteiger partial charge in [0.25, 0.3) is 11.8 Å². The number of thioether (sulfide) groups is 1. The Kier molecular flexibility index (Phi) is 4.95. The summed E-state index contributed by atoms with van der Waals surface area (Å²) < 4.78 is 0. The average molecular weight is 352 g/mol. The summed E-state index contributed by atoms with van der Waals surface area (Å²) in [7, 11) is 0. The molecule has 3 rings (SSSR count). The molecule has 1 aliphatic heterocycles. The maximum atomic E-state index is 12.4. The van der Waals surface area contributed by atoms with Crippen LogP contribution in [-0.4, -0.2) is 17.9 Å². The van der Waals surface area contributed by atoms with Crippen molar-refractivity contribution in [3.8, 4) is 0 Å². The number of anilines is 1. The summed E-state index contributed by atoms with van der Waals surface area (Å²) in [5, 5.41) is 5.74. The van der Waals surface area contributed by atoms with Crippen LogP contribution in [0.25, 0.3) is 6.08 Å². The van der Waals surface area contributed by atoms with Crippen molar-refractivity contribution < 1.29 is 9.59 Å². The zero-order valence-electron chi connectivity index (χ0n) is 14.4. The standard InChI is InChI=1S/C20H20N2O2S/c1-12(2)21-19(23)15-7-8-17-16(11-15)22-20(24)18(25-17)10-14-6-4-5-13(3)9-14/h4-12H,1-3H3,(H,21,23)(H,22,24). The van der Waals surface area contributed by atoms with Crippen LogP contribution in [0.3, 0.4) is 0 Å². The number of hydrogen-bond acceptors (Lipinski definition) is 3. The molecule has 0 saturated carbocycles. The Balaban J connectivity index is 1.86. The first-order valence-corrected chi connectivity index (χ1v) is 8.96. The van der Waals surface area contributed by atoms with E-state index in [-0.39, 0.29) is 17.9 Å². The second-order valence-corrected chi connectivity index (χ2v) is 7.40. The fourth-order valence-electron chi connectivity index (χ4n) is 2.56. The van der Waals surface area contributed by atoms with Crippen molar-refractivity contribution in [2.75, 3.05) is 5.32 Å². The van der Waals surface area contributed by atoms with Crippen molar-refractivity contribution in [2.45, 2.75) is 31.7 Å². The number of rotatable bonds is 3. The van der Waals surface area contributed by atoms with Crippen LogP contribution in [0.2, 0.25) is 0 Å². The van der Waals surface area contributed by atoms with E-state index in [0.29, 0.717) is 16.2 Å². The highest BCUT2D eigenvalue weighted by Gasteiger charge is 2.22. The minimum atomic E-state index is -0.152. The summed E-state index contributed by atoms with van der Waals surface area (Å²) in [4.78, 5) is 26.1. The zero-order valence-corrected chi connectivity index (χ0v) is 15.2. The number of fused-ring (bicyclic) bond motifs is 1. The Morgan fingerprint density at radius 3 is 2.72 bits per heavy atom. The molecular weight excluding hydrogens is 332 g/mol. The SMILES string of the molecule is Cc1cccc(C=C2Sc3ccc(C(=O)NC(C)C)cc3NC2=O)c1. The quantitative estimate of drug-likeness (QED) is 0.813. The van der Waals surface area contributed by atoms with E-state index in [1.165, 1.54) is 11.8 Å². The van der Waals surface area contributed by atoms with Gasteiger partial charge >= 0.3 is 0 Å². The number of aryl methyl sites for hydroxylation is 1. The van der Waals surface area contributed by atoms with Crippen LogP contribution in [0.1, 0.15) is 35.3 Å². The normalized spacial score (nSPS) is 15.0. The predicted molar refractivity (Wildman–Crippen MR) is 103 cm³/mol. The Bertz CT molecular complexity index is 872. The van der Waals surface area contributed by atoms with Gasteiger partial charge in [-0.1, -0.05) is 41.6 Å². The van der Waals surface area contributed by atoms with Crippen molar-refractivity contribution in [3.05, 3.63) is 64.1 Å². The predicted octanol–water partition coefficient (Wildman–Crippen LogP) is 4.22. The summed E-state index contributed by atoms with van der Waals surface area (Å²) in [5.74, 6) is -0.293. The van der Waals surface area contributed by atoms with Crippen LogP contribution in [0.4, 0.5) is 5.69 Å². The molecule has 128 valence electrons. The van der Waals surface area contributed by atoms with E-state index in [1.807, 2.05) is 57.2 Å². The van der Waals surface area contributed by atoms with E-state index in [2.05, 4.69) is 10.6 Å². The molecule has 0 radical (unpaired) electrons. The molecule has 0 aliphatic carbocycles.